The lowest BCUT2D eigenvalue weighted by molar-refractivity contribution is -0.149. The fourth-order valence-corrected chi connectivity index (χ4v) is 4.98. The molecule has 2 fully saturated rings. The SMILES string of the molecule is [2H]C1([2H])CC(=O)NC(=O)N1[C@@H]1O[C@H](CO[P@@](=O)(N[C@@H](C)C(=O)OC(C)C)Oc2ccccc2)[C@@H](O)[C@@]1(C)F. The molecule has 12 nitrogen and oxygen atoms in total. The van der Waals surface area contributed by atoms with Crippen molar-refractivity contribution in [2.75, 3.05) is 13.1 Å². The van der Waals surface area contributed by atoms with Gasteiger partial charge < -0.3 is 19.1 Å². The summed E-state index contributed by atoms with van der Waals surface area (Å²) >= 11 is 0. The highest BCUT2D eigenvalue weighted by Crippen LogP contribution is 2.46. The highest BCUT2D eigenvalue weighted by atomic mass is 31.2. The molecule has 36 heavy (non-hydrogen) atoms. The van der Waals surface area contributed by atoms with Gasteiger partial charge in [0.1, 0.15) is 24.0 Å². The molecule has 0 aliphatic carbocycles. The van der Waals surface area contributed by atoms with Gasteiger partial charge in [-0.3, -0.25) is 24.3 Å². The second-order valence-electron chi connectivity index (χ2n) is 8.72. The number of imide groups is 1. The van der Waals surface area contributed by atoms with Crippen LogP contribution >= 0.6 is 7.75 Å². The van der Waals surface area contributed by atoms with Crippen molar-refractivity contribution in [2.45, 2.75) is 70.4 Å². The minimum Gasteiger partial charge on any atom is -0.462 e. The van der Waals surface area contributed by atoms with Crippen molar-refractivity contribution < 1.29 is 49.7 Å². The predicted molar refractivity (Wildman–Crippen MR) is 123 cm³/mol. The first kappa shape index (κ1) is 25.1. The third-order valence-electron chi connectivity index (χ3n) is 5.26. The van der Waals surface area contributed by atoms with E-state index in [9.17, 15) is 24.1 Å². The van der Waals surface area contributed by atoms with Gasteiger partial charge in [-0.05, 0) is 39.8 Å². The number of benzene rings is 1. The molecule has 0 unspecified atom stereocenters. The average Bonchev–Trinajstić information content (AvgIpc) is 3.00. The molecule has 3 amide bonds. The van der Waals surface area contributed by atoms with E-state index in [1.807, 2.05) is 5.32 Å². The summed E-state index contributed by atoms with van der Waals surface area (Å²) in [7, 11) is -4.39. The van der Waals surface area contributed by atoms with Crippen LogP contribution in [0.5, 0.6) is 5.75 Å². The van der Waals surface area contributed by atoms with Gasteiger partial charge in [0.2, 0.25) is 5.91 Å². The number of aliphatic hydroxyl groups is 1. The molecule has 1 aromatic carbocycles. The number of hydrogen-bond acceptors (Lipinski definition) is 9. The first-order valence-corrected chi connectivity index (χ1v) is 12.7. The van der Waals surface area contributed by atoms with Crippen LogP contribution in [0.1, 0.15) is 36.9 Å². The number of alkyl halides is 1. The smallest absolute Gasteiger partial charge is 0.459 e. The highest BCUT2D eigenvalue weighted by molar-refractivity contribution is 7.52. The number of nitrogens with one attached hydrogen (secondary N) is 2. The van der Waals surface area contributed by atoms with Crippen molar-refractivity contribution >= 4 is 25.7 Å². The Balaban J connectivity index is 1.79. The number of carbonyl (C=O) groups excluding carboxylic acids is 3. The minimum absolute atomic E-state index is 0.108. The fraction of sp³-hybridized carbons (Fsp3) is 0.591. The van der Waals surface area contributed by atoms with Gasteiger partial charge in [0.25, 0.3) is 0 Å². The molecule has 0 bridgehead atoms. The van der Waals surface area contributed by atoms with Gasteiger partial charge in [-0.2, -0.15) is 5.09 Å². The Morgan fingerprint density at radius 3 is 2.67 bits per heavy atom. The van der Waals surface area contributed by atoms with Crippen LogP contribution in [-0.4, -0.2) is 77.3 Å². The van der Waals surface area contributed by atoms with Crippen molar-refractivity contribution in [1.82, 2.24) is 15.3 Å². The molecule has 3 N–H and O–H groups in total. The van der Waals surface area contributed by atoms with Gasteiger partial charge in [0.15, 0.2) is 11.9 Å². The van der Waals surface area contributed by atoms with E-state index < -0.39 is 81.4 Å². The van der Waals surface area contributed by atoms with Gasteiger partial charge in [0, 0.05) is 12.9 Å². The second-order valence-corrected chi connectivity index (χ2v) is 10.4. The summed E-state index contributed by atoms with van der Waals surface area (Å²) in [6.45, 7) is 2.15. The summed E-state index contributed by atoms with van der Waals surface area (Å²) in [5.74, 6) is -1.54. The Bertz CT molecular complexity index is 1100. The summed E-state index contributed by atoms with van der Waals surface area (Å²) in [5, 5.41) is 15.0. The molecule has 2 aliphatic heterocycles. The molecule has 2 saturated heterocycles. The van der Waals surface area contributed by atoms with Gasteiger partial charge in [-0.15, -0.1) is 0 Å². The molecule has 1 aromatic rings. The number of esters is 1. The summed E-state index contributed by atoms with van der Waals surface area (Å²) < 4.78 is 66.9. The lowest BCUT2D eigenvalue weighted by Gasteiger charge is -2.35. The van der Waals surface area contributed by atoms with Crippen LogP contribution in [-0.2, 0) is 28.2 Å². The molecule has 14 heteroatoms. The lowest BCUT2D eigenvalue weighted by atomic mass is 9.97. The number of halogens is 1. The van der Waals surface area contributed by atoms with Crippen LogP contribution in [0.2, 0.25) is 0 Å². The van der Waals surface area contributed by atoms with Gasteiger partial charge in [0.05, 0.1) is 15.5 Å². The Labute approximate surface area is 210 Å². The number of nitrogens with zero attached hydrogens (tertiary/aromatic N) is 1. The van der Waals surface area contributed by atoms with E-state index in [4.69, 9.17) is 21.3 Å². The minimum atomic E-state index is -4.39. The molecule has 3 rings (SSSR count). The standard InChI is InChI=1S/C22H31FN3O9P/c1-13(2)33-19(29)14(3)25-36(31,35-15-8-6-5-7-9-15)32-12-16-18(28)22(4,23)20(34-16)26-11-10-17(27)24-21(26)30/h5-9,13-14,16,18,20,28H,10-12H2,1-4H3,(H,25,31)(H,24,27,30)/t14-,16+,18+,20+,22+,36-/m0/s1/i11D2. The Hall–Kier alpha value is -2.57. The number of carbonyl (C=O) groups is 3. The molecule has 0 aromatic heterocycles. The van der Waals surface area contributed by atoms with E-state index in [2.05, 4.69) is 5.09 Å². The fourth-order valence-electron chi connectivity index (χ4n) is 3.47. The third kappa shape index (κ3) is 6.60. The zero-order valence-corrected chi connectivity index (χ0v) is 21.1. The lowest BCUT2D eigenvalue weighted by Crippen LogP contribution is -2.59. The summed E-state index contributed by atoms with van der Waals surface area (Å²) in [6, 6.07) is 5.42. The Kier molecular flexibility index (Phi) is 7.82. The quantitative estimate of drug-likeness (QED) is 0.300. The van der Waals surface area contributed by atoms with Crippen LogP contribution in [0, 0.1) is 0 Å². The molecule has 6 atom stereocenters. The number of hydrogen-bond donors (Lipinski definition) is 3. The third-order valence-corrected chi connectivity index (χ3v) is 6.91. The summed E-state index contributed by atoms with van der Waals surface area (Å²) in [4.78, 5) is 36.6. The monoisotopic (exact) mass is 533 g/mol. The van der Waals surface area contributed by atoms with Gasteiger partial charge in [-0.25, -0.2) is 13.8 Å². The van der Waals surface area contributed by atoms with Crippen molar-refractivity contribution in [1.29, 1.82) is 0 Å². The largest absolute Gasteiger partial charge is 0.462 e. The topological polar surface area (TPSA) is 153 Å². The van der Waals surface area contributed by atoms with Crippen molar-refractivity contribution in [3.8, 4) is 5.75 Å². The number of rotatable bonds is 10. The number of para-hydroxylation sites is 1. The summed E-state index contributed by atoms with van der Waals surface area (Å²) in [6.07, 6.45) is -6.71. The maximum Gasteiger partial charge on any atom is 0.459 e. The van der Waals surface area contributed by atoms with E-state index in [-0.39, 0.29) is 5.75 Å². The highest BCUT2D eigenvalue weighted by Gasteiger charge is 2.58. The maximum absolute atomic E-state index is 15.6. The first-order chi connectivity index (χ1) is 17.6. The number of amides is 3. The second kappa shape index (κ2) is 11.2. The van der Waals surface area contributed by atoms with Crippen LogP contribution < -0.4 is 14.9 Å². The number of aliphatic hydroxyl groups excluding tert-OH is 1. The normalized spacial score (nSPS) is 31.2. The van der Waals surface area contributed by atoms with Gasteiger partial charge >= 0.3 is 19.7 Å². The zero-order valence-electron chi connectivity index (χ0n) is 22.2. The average molecular weight is 533 g/mol. The molecule has 0 radical (unpaired) electrons. The van der Waals surface area contributed by atoms with Crippen molar-refractivity contribution in [2.24, 2.45) is 0 Å². The Morgan fingerprint density at radius 1 is 1.39 bits per heavy atom. The van der Waals surface area contributed by atoms with Crippen LogP contribution in [0.25, 0.3) is 0 Å². The van der Waals surface area contributed by atoms with E-state index in [0.29, 0.717) is 4.90 Å². The van der Waals surface area contributed by atoms with Gasteiger partial charge in [-0.1, -0.05) is 18.2 Å². The van der Waals surface area contributed by atoms with E-state index >= 15 is 4.39 Å². The zero-order chi connectivity index (χ0) is 28.5. The Morgan fingerprint density at radius 2 is 2.06 bits per heavy atom. The summed E-state index contributed by atoms with van der Waals surface area (Å²) in [5.41, 5.74) is -2.72. The molecule has 0 spiro atoms. The van der Waals surface area contributed by atoms with Crippen LogP contribution in [0.4, 0.5) is 9.18 Å². The molecule has 2 heterocycles. The first-order valence-electron chi connectivity index (χ1n) is 12.2. The van der Waals surface area contributed by atoms with Crippen molar-refractivity contribution in [3.05, 3.63) is 30.3 Å². The number of urea groups is 1. The predicted octanol–water partition coefficient (Wildman–Crippen LogP) is 1.88. The molecule has 2 aliphatic rings. The van der Waals surface area contributed by atoms with E-state index in [1.165, 1.54) is 19.1 Å². The van der Waals surface area contributed by atoms with Crippen molar-refractivity contribution in [3.63, 3.8) is 0 Å². The number of ether oxygens (including phenoxy) is 2. The molecular formula is C22H31FN3O9P. The molecule has 200 valence electrons. The maximum atomic E-state index is 15.6. The van der Waals surface area contributed by atoms with E-state index in [1.54, 1.807) is 32.0 Å². The molecular weight excluding hydrogens is 500 g/mol. The van der Waals surface area contributed by atoms with Crippen LogP contribution in [0.15, 0.2) is 30.3 Å². The van der Waals surface area contributed by atoms with Crippen LogP contribution in [0.3, 0.4) is 0 Å². The molecule has 0 saturated carbocycles. The van der Waals surface area contributed by atoms with E-state index in [0.717, 1.165) is 6.92 Å².